The van der Waals surface area contributed by atoms with Gasteiger partial charge in [-0.15, -0.1) is 0 Å². The van der Waals surface area contributed by atoms with Crippen LogP contribution in [0.25, 0.3) is 0 Å². The first kappa shape index (κ1) is 17.0. The van der Waals surface area contributed by atoms with Crippen LogP contribution in [-0.2, 0) is 20.9 Å². The Kier molecular flexibility index (Phi) is 5.76. The minimum atomic E-state index is 0.00152. The third kappa shape index (κ3) is 4.57. The molecule has 3 rings (SSSR count). The van der Waals surface area contributed by atoms with Crippen LogP contribution in [0, 0.1) is 17.8 Å². The fourth-order valence-corrected chi connectivity index (χ4v) is 3.77. The number of carbonyl (C=O) groups excluding carboxylic acids is 1. The number of halogens is 1. The summed E-state index contributed by atoms with van der Waals surface area (Å²) in [5.74, 6) is 0.751. The van der Waals surface area contributed by atoms with Crippen LogP contribution in [0.15, 0.2) is 28.7 Å². The highest BCUT2D eigenvalue weighted by Gasteiger charge is 2.53. The smallest absolute Gasteiger partial charge is 0.309 e. The molecule has 2 fully saturated rings. The molecule has 4 heteroatoms. The van der Waals surface area contributed by atoms with Gasteiger partial charge in [0.05, 0.1) is 19.1 Å². The topological polar surface area (TPSA) is 35.5 Å². The number of rotatable bonds is 6. The van der Waals surface area contributed by atoms with E-state index in [0.29, 0.717) is 25.0 Å². The van der Waals surface area contributed by atoms with E-state index in [0.717, 1.165) is 22.9 Å². The van der Waals surface area contributed by atoms with Crippen molar-refractivity contribution in [1.82, 2.24) is 0 Å². The average molecular weight is 381 g/mol. The first-order chi connectivity index (χ1) is 11.1. The van der Waals surface area contributed by atoms with Gasteiger partial charge in [0.25, 0.3) is 0 Å². The molecule has 0 bridgehead atoms. The van der Waals surface area contributed by atoms with Crippen molar-refractivity contribution in [2.24, 2.45) is 17.8 Å². The van der Waals surface area contributed by atoms with Crippen LogP contribution in [0.4, 0.5) is 0 Å². The molecule has 3 nitrogen and oxygen atoms in total. The van der Waals surface area contributed by atoms with Gasteiger partial charge in [-0.2, -0.15) is 0 Å². The molecule has 0 aromatic heterocycles. The van der Waals surface area contributed by atoms with Crippen molar-refractivity contribution in [3.8, 4) is 0 Å². The van der Waals surface area contributed by atoms with Crippen molar-refractivity contribution in [2.75, 3.05) is 6.61 Å². The lowest BCUT2D eigenvalue weighted by Gasteiger charge is -2.21. The van der Waals surface area contributed by atoms with Gasteiger partial charge in [-0.25, -0.2) is 0 Å². The summed E-state index contributed by atoms with van der Waals surface area (Å²) in [5.41, 5.74) is 1.16. The first-order valence-electron chi connectivity index (χ1n) is 8.68. The van der Waals surface area contributed by atoms with Gasteiger partial charge in [-0.3, -0.25) is 4.79 Å². The molecule has 3 atom stereocenters. The van der Waals surface area contributed by atoms with Crippen LogP contribution in [0.2, 0.25) is 0 Å². The second-order valence-electron chi connectivity index (χ2n) is 6.89. The van der Waals surface area contributed by atoms with E-state index in [-0.39, 0.29) is 18.0 Å². The SMILES string of the molecule is CC1C(COCc2ccc(Br)cc2)C1C(=O)OC1CCCCC1. The van der Waals surface area contributed by atoms with Crippen LogP contribution in [0.3, 0.4) is 0 Å². The van der Waals surface area contributed by atoms with E-state index >= 15 is 0 Å². The van der Waals surface area contributed by atoms with Crippen LogP contribution < -0.4 is 0 Å². The Bertz CT molecular complexity index is 522. The minimum Gasteiger partial charge on any atom is -0.462 e. The van der Waals surface area contributed by atoms with Crippen LogP contribution in [-0.4, -0.2) is 18.7 Å². The highest BCUT2D eigenvalue weighted by atomic mass is 79.9. The highest BCUT2D eigenvalue weighted by molar-refractivity contribution is 9.10. The maximum Gasteiger partial charge on any atom is 0.309 e. The minimum absolute atomic E-state index is 0.00152. The second-order valence-corrected chi connectivity index (χ2v) is 7.80. The summed E-state index contributed by atoms with van der Waals surface area (Å²) in [6.45, 7) is 3.36. The van der Waals surface area contributed by atoms with E-state index in [2.05, 4.69) is 35.0 Å². The third-order valence-electron chi connectivity index (χ3n) is 5.16. The standard InChI is InChI=1S/C19H25BrO3/c1-13-17(12-22-11-14-7-9-15(20)10-8-14)18(13)19(21)23-16-5-3-2-4-6-16/h7-10,13,16-18H,2-6,11-12H2,1H3. The Balaban J connectivity index is 1.39. The van der Waals surface area contributed by atoms with Gasteiger partial charge in [0.1, 0.15) is 6.10 Å². The molecule has 2 aliphatic carbocycles. The van der Waals surface area contributed by atoms with Crippen molar-refractivity contribution >= 4 is 21.9 Å². The van der Waals surface area contributed by atoms with Crippen LogP contribution >= 0.6 is 15.9 Å². The predicted molar refractivity (Wildman–Crippen MR) is 92.9 cm³/mol. The number of hydrogen-bond acceptors (Lipinski definition) is 3. The summed E-state index contributed by atoms with van der Waals surface area (Å²) >= 11 is 3.43. The van der Waals surface area contributed by atoms with E-state index in [1.807, 2.05) is 12.1 Å². The highest BCUT2D eigenvalue weighted by Crippen LogP contribution is 2.47. The lowest BCUT2D eigenvalue weighted by atomic mass is 9.98. The monoisotopic (exact) mass is 380 g/mol. The third-order valence-corrected chi connectivity index (χ3v) is 5.69. The molecule has 0 saturated heterocycles. The molecule has 3 unspecified atom stereocenters. The molecule has 2 aliphatic rings. The number of esters is 1. The lowest BCUT2D eigenvalue weighted by molar-refractivity contribution is -0.153. The molecular weight excluding hydrogens is 356 g/mol. The Morgan fingerprint density at radius 3 is 2.57 bits per heavy atom. The fourth-order valence-electron chi connectivity index (χ4n) is 3.51. The van der Waals surface area contributed by atoms with Crippen molar-refractivity contribution in [3.05, 3.63) is 34.3 Å². The predicted octanol–water partition coefficient (Wildman–Crippen LogP) is 4.72. The molecule has 1 aromatic rings. The molecule has 0 N–H and O–H groups in total. The zero-order valence-electron chi connectivity index (χ0n) is 13.7. The normalized spacial score (nSPS) is 27.7. The Hall–Kier alpha value is -0.870. The zero-order valence-corrected chi connectivity index (χ0v) is 15.3. The van der Waals surface area contributed by atoms with Gasteiger partial charge >= 0.3 is 5.97 Å². The molecule has 0 aliphatic heterocycles. The average Bonchev–Trinajstić information content (AvgIpc) is 3.20. The summed E-state index contributed by atoms with van der Waals surface area (Å²) in [4.78, 5) is 12.3. The molecule has 126 valence electrons. The van der Waals surface area contributed by atoms with E-state index in [1.165, 1.54) is 19.3 Å². The molecule has 0 spiro atoms. The number of ether oxygens (including phenoxy) is 2. The van der Waals surface area contributed by atoms with Crippen LogP contribution in [0.1, 0.15) is 44.6 Å². The van der Waals surface area contributed by atoms with Gasteiger partial charge < -0.3 is 9.47 Å². The molecule has 1 aromatic carbocycles. The first-order valence-corrected chi connectivity index (χ1v) is 9.47. The maximum absolute atomic E-state index is 12.3. The van der Waals surface area contributed by atoms with E-state index < -0.39 is 0 Å². The number of carbonyl (C=O) groups is 1. The zero-order chi connectivity index (χ0) is 16.2. The Morgan fingerprint density at radius 1 is 1.17 bits per heavy atom. The maximum atomic E-state index is 12.3. The largest absolute Gasteiger partial charge is 0.462 e. The lowest BCUT2D eigenvalue weighted by Crippen LogP contribution is -2.22. The van der Waals surface area contributed by atoms with Crippen molar-refractivity contribution in [2.45, 2.75) is 51.7 Å². The summed E-state index contributed by atoms with van der Waals surface area (Å²) in [7, 11) is 0. The summed E-state index contributed by atoms with van der Waals surface area (Å²) in [5, 5.41) is 0. The quantitative estimate of drug-likeness (QED) is 0.669. The van der Waals surface area contributed by atoms with Gasteiger partial charge in [-0.1, -0.05) is 41.4 Å². The molecule has 23 heavy (non-hydrogen) atoms. The van der Waals surface area contributed by atoms with E-state index in [1.54, 1.807) is 0 Å². The summed E-state index contributed by atoms with van der Waals surface area (Å²) in [6, 6.07) is 8.13. The van der Waals surface area contributed by atoms with Gasteiger partial charge in [0.2, 0.25) is 0 Å². The summed E-state index contributed by atoms with van der Waals surface area (Å²) < 4.78 is 12.6. The molecular formula is C19H25BrO3. The van der Waals surface area contributed by atoms with Gasteiger partial charge in [0, 0.05) is 4.47 Å². The molecule has 0 radical (unpaired) electrons. The summed E-state index contributed by atoms with van der Waals surface area (Å²) in [6.07, 6.45) is 5.90. The van der Waals surface area contributed by atoms with Gasteiger partial charge in [-0.05, 0) is 55.2 Å². The Morgan fingerprint density at radius 2 is 1.87 bits per heavy atom. The molecule has 0 amide bonds. The second kappa shape index (κ2) is 7.80. The van der Waals surface area contributed by atoms with E-state index in [9.17, 15) is 4.79 Å². The van der Waals surface area contributed by atoms with Crippen LogP contribution in [0.5, 0.6) is 0 Å². The van der Waals surface area contributed by atoms with Crippen molar-refractivity contribution < 1.29 is 14.3 Å². The van der Waals surface area contributed by atoms with E-state index in [4.69, 9.17) is 9.47 Å². The van der Waals surface area contributed by atoms with Crippen molar-refractivity contribution in [1.29, 1.82) is 0 Å². The Labute approximate surface area is 146 Å². The fraction of sp³-hybridized carbons (Fsp3) is 0.632. The number of hydrogen-bond donors (Lipinski definition) is 0. The van der Waals surface area contributed by atoms with Gasteiger partial charge in [0.15, 0.2) is 0 Å². The molecule has 0 heterocycles. The molecule has 2 saturated carbocycles. The number of benzene rings is 1. The van der Waals surface area contributed by atoms with Crippen molar-refractivity contribution in [3.63, 3.8) is 0 Å².